The van der Waals surface area contributed by atoms with Crippen LogP contribution in [0, 0.1) is 5.92 Å². The van der Waals surface area contributed by atoms with Crippen molar-refractivity contribution in [1.82, 2.24) is 0 Å². The Labute approximate surface area is 218 Å². The highest BCUT2D eigenvalue weighted by atomic mass is 31.1. The molecule has 4 aromatic rings. The quantitative estimate of drug-likeness (QED) is 0.269. The average molecular weight is 513 g/mol. The summed E-state index contributed by atoms with van der Waals surface area (Å²) in [4.78, 5) is 0. The van der Waals surface area contributed by atoms with Crippen molar-refractivity contribution in [3.63, 3.8) is 0 Å². The van der Waals surface area contributed by atoms with Crippen molar-refractivity contribution >= 4 is 37.1 Å². The number of hydrogen-bond acceptors (Lipinski definition) is 2. The summed E-state index contributed by atoms with van der Waals surface area (Å²) < 4.78 is 13.0. The van der Waals surface area contributed by atoms with Crippen LogP contribution in [0.25, 0.3) is 0 Å². The second kappa shape index (κ2) is 11.8. The first-order chi connectivity index (χ1) is 17.6. The first kappa shape index (κ1) is 25.3. The predicted octanol–water partition coefficient (Wildman–Crippen LogP) is 6.02. The Hall–Kier alpha value is -2.34. The fourth-order valence-electron chi connectivity index (χ4n) is 4.83. The van der Waals surface area contributed by atoms with Gasteiger partial charge in [-0.2, -0.15) is 0 Å². The van der Waals surface area contributed by atoms with E-state index in [1.165, 1.54) is 21.2 Å². The lowest BCUT2D eigenvalue weighted by atomic mass is 10.1. The molecule has 0 aliphatic carbocycles. The highest BCUT2D eigenvalue weighted by Crippen LogP contribution is 2.44. The molecule has 0 N–H and O–H groups in total. The molecular formula is C32H34O2P2. The summed E-state index contributed by atoms with van der Waals surface area (Å²) in [5, 5.41) is 5.63. The molecule has 0 amide bonds. The maximum Gasteiger partial charge on any atom is 0.163 e. The van der Waals surface area contributed by atoms with Gasteiger partial charge in [0.05, 0.1) is 12.7 Å². The van der Waals surface area contributed by atoms with E-state index in [0.717, 1.165) is 18.9 Å². The molecule has 1 aliphatic rings. The van der Waals surface area contributed by atoms with E-state index in [2.05, 4.69) is 135 Å². The molecule has 1 fully saturated rings. The third-order valence-electron chi connectivity index (χ3n) is 6.66. The highest BCUT2D eigenvalue weighted by molar-refractivity contribution is 7.73. The SMILES string of the molecule is CC1(C)OCC(CP(c2ccccc2)c2ccccc2)C(CP(c2ccccc2)c2ccccc2)O1. The van der Waals surface area contributed by atoms with E-state index in [-0.39, 0.29) is 6.10 Å². The molecule has 4 heteroatoms. The first-order valence-corrected chi connectivity index (χ1v) is 15.7. The second-order valence-corrected chi connectivity index (χ2v) is 14.2. The van der Waals surface area contributed by atoms with Gasteiger partial charge in [0.2, 0.25) is 0 Å². The molecule has 1 heterocycles. The molecule has 2 unspecified atom stereocenters. The van der Waals surface area contributed by atoms with Crippen molar-refractivity contribution in [3.8, 4) is 0 Å². The highest BCUT2D eigenvalue weighted by Gasteiger charge is 2.39. The Morgan fingerprint density at radius 2 is 0.944 bits per heavy atom. The Morgan fingerprint density at radius 1 is 0.583 bits per heavy atom. The summed E-state index contributed by atoms with van der Waals surface area (Å²) in [5.41, 5.74) is 0. The molecule has 4 aromatic carbocycles. The van der Waals surface area contributed by atoms with Gasteiger partial charge in [-0.3, -0.25) is 0 Å². The molecule has 1 saturated heterocycles. The monoisotopic (exact) mass is 512 g/mol. The van der Waals surface area contributed by atoms with Crippen LogP contribution < -0.4 is 21.2 Å². The number of ether oxygens (including phenoxy) is 2. The lowest BCUT2D eigenvalue weighted by molar-refractivity contribution is -0.284. The van der Waals surface area contributed by atoms with Gasteiger partial charge in [-0.15, -0.1) is 0 Å². The molecular weight excluding hydrogens is 478 g/mol. The van der Waals surface area contributed by atoms with Gasteiger partial charge in [-0.05, 0) is 57.1 Å². The van der Waals surface area contributed by atoms with Gasteiger partial charge in [-0.1, -0.05) is 121 Å². The fourth-order valence-corrected chi connectivity index (χ4v) is 9.94. The van der Waals surface area contributed by atoms with Crippen molar-refractivity contribution in [2.45, 2.75) is 25.7 Å². The Bertz CT molecular complexity index is 1120. The van der Waals surface area contributed by atoms with E-state index in [1.54, 1.807) is 0 Å². The van der Waals surface area contributed by atoms with Crippen molar-refractivity contribution in [3.05, 3.63) is 121 Å². The predicted molar refractivity (Wildman–Crippen MR) is 156 cm³/mol. The lowest BCUT2D eigenvalue weighted by Crippen LogP contribution is -2.49. The van der Waals surface area contributed by atoms with Crippen molar-refractivity contribution in [1.29, 1.82) is 0 Å². The van der Waals surface area contributed by atoms with Crippen LogP contribution in [0.2, 0.25) is 0 Å². The fraction of sp³-hybridized carbons (Fsp3) is 0.250. The molecule has 0 aromatic heterocycles. The topological polar surface area (TPSA) is 18.5 Å². The van der Waals surface area contributed by atoms with Gasteiger partial charge >= 0.3 is 0 Å². The van der Waals surface area contributed by atoms with Crippen LogP contribution in [0.15, 0.2) is 121 Å². The van der Waals surface area contributed by atoms with Crippen LogP contribution >= 0.6 is 15.8 Å². The maximum absolute atomic E-state index is 6.74. The van der Waals surface area contributed by atoms with Crippen LogP contribution in [0.3, 0.4) is 0 Å². The summed E-state index contributed by atoms with van der Waals surface area (Å²) in [6.45, 7) is 4.84. The van der Waals surface area contributed by atoms with E-state index >= 15 is 0 Å². The standard InChI is InChI=1S/C32H34O2P2/c1-32(2)33-23-26(24-35(27-15-7-3-8-16-27)28-17-9-4-10-18-28)31(34-32)25-36(29-19-11-5-12-20-29)30-21-13-6-14-22-30/h3-22,26,31H,23-25H2,1-2H3. The summed E-state index contributed by atoms with van der Waals surface area (Å²) in [6.07, 6.45) is 2.17. The van der Waals surface area contributed by atoms with Gasteiger partial charge in [0.25, 0.3) is 0 Å². The van der Waals surface area contributed by atoms with Crippen LogP contribution in [0.4, 0.5) is 0 Å². The Kier molecular flexibility index (Phi) is 8.30. The average Bonchev–Trinajstić information content (AvgIpc) is 2.93. The van der Waals surface area contributed by atoms with E-state index in [1.807, 2.05) is 0 Å². The molecule has 1 aliphatic heterocycles. The molecule has 0 bridgehead atoms. The summed E-state index contributed by atoms with van der Waals surface area (Å²) in [7, 11) is -1.07. The van der Waals surface area contributed by atoms with Gasteiger partial charge in [0, 0.05) is 12.1 Å². The minimum atomic E-state index is -0.572. The van der Waals surface area contributed by atoms with E-state index in [4.69, 9.17) is 9.47 Å². The Balaban J connectivity index is 1.47. The molecule has 0 saturated carbocycles. The molecule has 5 rings (SSSR count). The molecule has 0 spiro atoms. The van der Waals surface area contributed by atoms with E-state index in [9.17, 15) is 0 Å². The smallest absolute Gasteiger partial charge is 0.163 e. The summed E-state index contributed by atoms with van der Waals surface area (Å²) >= 11 is 0. The van der Waals surface area contributed by atoms with Crippen LogP contribution in [-0.4, -0.2) is 30.8 Å². The third kappa shape index (κ3) is 6.31. The molecule has 184 valence electrons. The van der Waals surface area contributed by atoms with Crippen LogP contribution in [0.5, 0.6) is 0 Å². The zero-order chi connectivity index (χ0) is 24.8. The van der Waals surface area contributed by atoms with Crippen molar-refractivity contribution in [2.75, 3.05) is 18.9 Å². The van der Waals surface area contributed by atoms with Crippen molar-refractivity contribution in [2.24, 2.45) is 5.92 Å². The third-order valence-corrected chi connectivity index (χ3v) is 11.9. The van der Waals surface area contributed by atoms with Crippen molar-refractivity contribution < 1.29 is 9.47 Å². The van der Waals surface area contributed by atoms with Crippen LogP contribution in [0.1, 0.15) is 13.8 Å². The first-order valence-electron chi connectivity index (χ1n) is 12.7. The maximum atomic E-state index is 6.74. The molecule has 36 heavy (non-hydrogen) atoms. The van der Waals surface area contributed by atoms with Gasteiger partial charge in [0.1, 0.15) is 0 Å². The van der Waals surface area contributed by atoms with Gasteiger partial charge in [-0.25, -0.2) is 0 Å². The molecule has 2 atom stereocenters. The normalized spacial score (nSPS) is 19.4. The summed E-state index contributed by atoms with van der Waals surface area (Å²) in [6, 6.07) is 43.9. The van der Waals surface area contributed by atoms with Gasteiger partial charge in [0.15, 0.2) is 5.79 Å². The largest absolute Gasteiger partial charge is 0.350 e. The number of rotatable bonds is 8. The second-order valence-electron chi connectivity index (χ2n) is 9.69. The van der Waals surface area contributed by atoms with Gasteiger partial charge < -0.3 is 9.47 Å². The van der Waals surface area contributed by atoms with E-state index < -0.39 is 21.6 Å². The summed E-state index contributed by atoms with van der Waals surface area (Å²) in [5.74, 6) is -0.250. The number of hydrogen-bond donors (Lipinski definition) is 0. The zero-order valence-electron chi connectivity index (χ0n) is 21.0. The molecule has 0 radical (unpaired) electrons. The zero-order valence-corrected chi connectivity index (χ0v) is 22.8. The minimum Gasteiger partial charge on any atom is -0.350 e. The van der Waals surface area contributed by atoms with Crippen LogP contribution in [-0.2, 0) is 9.47 Å². The van der Waals surface area contributed by atoms with E-state index in [0.29, 0.717) is 5.92 Å². The Morgan fingerprint density at radius 3 is 1.33 bits per heavy atom. The number of benzene rings is 4. The lowest BCUT2D eigenvalue weighted by Gasteiger charge is -2.43. The minimum absolute atomic E-state index is 0.123. The molecule has 2 nitrogen and oxygen atoms in total.